The molecule has 1 aromatic heterocycles. The van der Waals surface area contributed by atoms with Gasteiger partial charge in [-0.15, -0.1) is 0 Å². The number of hydrogen-bond acceptors (Lipinski definition) is 4. The lowest BCUT2D eigenvalue weighted by Crippen LogP contribution is -2.20. The molecule has 1 N–H and O–H groups in total. The minimum absolute atomic E-state index is 0.162. The molecule has 0 amide bonds. The zero-order valence-electron chi connectivity index (χ0n) is 13.0. The van der Waals surface area contributed by atoms with Gasteiger partial charge in [0.05, 0.1) is 7.11 Å². The third-order valence-electron chi connectivity index (χ3n) is 4.00. The highest BCUT2D eigenvalue weighted by Gasteiger charge is 2.23. The molecule has 0 bridgehead atoms. The topological polar surface area (TPSA) is 52.0 Å². The molecule has 1 aliphatic heterocycles. The summed E-state index contributed by atoms with van der Waals surface area (Å²) in [5.41, 5.74) is 2.82. The SMILES string of the molecule is COc1cccc(C2=CC(c3ccc(F)cc3)n3ncnc3N2)c1. The van der Waals surface area contributed by atoms with E-state index in [-0.39, 0.29) is 11.9 Å². The lowest BCUT2D eigenvalue weighted by molar-refractivity contribution is 0.414. The van der Waals surface area contributed by atoms with Gasteiger partial charge in [0, 0.05) is 11.3 Å². The van der Waals surface area contributed by atoms with E-state index in [0.717, 1.165) is 22.6 Å². The zero-order valence-corrected chi connectivity index (χ0v) is 13.0. The van der Waals surface area contributed by atoms with E-state index in [1.54, 1.807) is 23.9 Å². The number of nitrogens with one attached hydrogen (secondary N) is 1. The van der Waals surface area contributed by atoms with Crippen LogP contribution in [0.2, 0.25) is 0 Å². The summed E-state index contributed by atoms with van der Waals surface area (Å²) in [7, 11) is 1.64. The second kappa shape index (κ2) is 5.81. The molecule has 5 nitrogen and oxygen atoms in total. The Hall–Kier alpha value is -3.15. The lowest BCUT2D eigenvalue weighted by atomic mass is 10.0. The van der Waals surface area contributed by atoms with Crippen molar-refractivity contribution < 1.29 is 9.13 Å². The monoisotopic (exact) mass is 322 g/mol. The highest BCUT2D eigenvalue weighted by Crippen LogP contribution is 2.32. The van der Waals surface area contributed by atoms with Crippen LogP contribution in [0.1, 0.15) is 17.2 Å². The van der Waals surface area contributed by atoms with Gasteiger partial charge in [-0.2, -0.15) is 10.1 Å². The third-order valence-corrected chi connectivity index (χ3v) is 4.00. The van der Waals surface area contributed by atoms with Crippen molar-refractivity contribution in [3.05, 3.63) is 77.9 Å². The summed E-state index contributed by atoms with van der Waals surface area (Å²) < 4.78 is 20.3. The second-order valence-corrected chi connectivity index (χ2v) is 5.46. The number of nitrogens with zero attached hydrogens (tertiary/aromatic N) is 3. The Labute approximate surface area is 138 Å². The molecule has 0 saturated heterocycles. The first-order chi connectivity index (χ1) is 11.7. The van der Waals surface area contributed by atoms with E-state index in [9.17, 15) is 4.39 Å². The summed E-state index contributed by atoms with van der Waals surface area (Å²) in [5.74, 6) is 1.16. The van der Waals surface area contributed by atoms with Gasteiger partial charge in [-0.1, -0.05) is 24.3 Å². The fraction of sp³-hybridized carbons (Fsp3) is 0.111. The molecule has 1 unspecified atom stereocenters. The van der Waals surface area contributed by atoms with Crippen molar-refractivity contribution in [3.63, 3.8) is 0 Å². The molecule has 1 aliphatic rings. The molecular formula is C18H15FN4O. The van der Waals surface area contributed by atoms with E-state index in [1.165, 1.54) is 18.5 Å². The molecule has 0 saturated carbocycles. The Morgan fingerprint density at radius 2 is 2.00 bits per heavy atom. The summed E-state index contributed by atoms with van der Waals surface area (Å²) in [6.07, 6.45) is 3.55. The van der Waals surface area contributed by atoms with Gasteiger partial charge in [0.1, 0.15) is 23.9 Å². The molecule has 0 fully saturated rings. The van der Waals surface area contributed by atoms with Crippen molar-refractivity contribution in [2.24, 2.45) is 0 Å². The average molecular weight is 322 g/mol. The van der Waals surface area contributed by atoms with Gasteiger partial charge >= 0.3 is 0 Å². The Balaban J connectivity index is 1.79. The van der Waals surface area contributed by atoms with E-state index in [1.807, 2.05) is 30.3 Å². The second-order valence-electron chi connectivity index (χ2n) is 5.46. The minimum Gasteiger partial charge on any atom is -0.497 e. The summed E-state index contributed by atoms with van der Waals surface area (Å²) in [5, 5.41) is 7.56. The predicted molar refractivity (Wildman–Crippen MR) is 89.2 cm³/mol. The number of rotatable bonds is 3. The number of halogens is 1. The van der Waals surface area contributed by atoms with Gasteiger partial charge in [-0.25, -0.2) is 9.07 Å². The van der Waals surface area contributed by atoms with Gasteiger partial charge in [0.2, 0.25) is 5.95 Å². The molecule has 0 spiro atoms. The highest BCUT2D eigenvalue weighted by atomic mass is 19.1. The van der Waals surface area contributed by atoms with Crippen LogP contribution in [0.25, 0.3) is 5.70 Å². The maximum Gasteiger partial charge on any atom is 0.226 e. The number of aromatic nitrogens is 3. The molecule has 6 heteroatoms. The Bertz CT molecular complexity index is 901. The van der Waals surface area contributed by atoms with Crippen molar-refractivity contribution in [2.45, 2.75) is 6.04 Å². The fourth-order valence-corrected chi connectivity index (χ4v) is 2.79. The number of fused-ring (bicyclic) bond motifs is 1. The molecule has 24 heavy (non-hydrogen) atoms. The van der Waals surface area contributed by atoms with Crippen molar-refractivity contribution in [3.8, 4) is 5.75 Å². The summed E-state index contributed by atoms with van der Waals surface area (Å²) >= 11 is 0. The number of hydrogen-bond donors (Lipinski definition) is 1. The third kappa shape index (κ3) is 2.52. The molecule has 3 aromatic rings. The van der Waals surface area contributed by atoms with E-state index < -0.39 is 0 Å². The van der Waals surface area contributed by atoms with Gasteiger partial charge in [0.15, 0.2) is 0 Å². The highest BCUT2D eigenvalue weighted by molar-refractivity contribution is 5.77. The van der Waals surface area contributed by atoms with Gasteiger partial charge in [0.25, 0.3) is 0 Å². The first kappa shape index (κ1) is 14.4. The summed E-state index contributed by atoms with van der Waals surface area (Å²) in [6, 6.07) is 14.0. The number of methoxy groups -OCH3 is 1. The number of benzene rings is 2. The molecule has 2 heterocycles. The Morgan fingerprint density at radius 1 is 1.17 bits per heavy atom. The predicted octanol–water partition coefficient (Wildman–Crippen LogP) is 3.48. The maximum absolute atomic E-state index is 13.2. The van der Waals surface area contributed by atoms with Gasteiger partial charge in [-0.05, 0) is 35.9 Å². The molecule has 1 atom stereocenters. The van der Waals surface area contributed by atoms with Gasteiger partial charge < -0.3 is 10.1 Å². The maximum atomic E-state index is 13.2. The van der Waals surface area contributed by atoms with Crippen LogP contribution in [0.15, 0.2) is 60.9 Å². The van der Waals surface area contributed by atoms with Crippen LogP contribution in [0.5, 0.6) is 5.75 Å². The van der Waals surface area contributed by atoms with Crippen LogP contribution >= 0.6 is 0 Å². The van der Waals surface area contributed by atoms with E-state index in [0.29, 0.717) is 5.95 Å². The largest absolute Gasteiger partial charge is 0.497 e. The Kier molecular flexibility index (Phi) is 3.49. The van der Waals surface area contributed by atoms with Crippen LogP contribution in [-0.2, 0) is 0 Å². The normalized spacial score (nSPS) is 16.1. The van der Waals surface area contributed by atoms with E-state index >= 15 is 0 Å². The quantitative estimate of drug-likeness (QED) is 0.802. The van der Waals surface area contributed by atoms with Crippen LogP contribution in [0.4, 0.5) is 10.3 Å². The van der Waals surface area contributed by atoms with E-state index in [4.69, 9.17) is 4.74 Å². The van der Waals surface area contributed by atoms with Crippen LogP contribution in [-0.4, -0.2) is 21.9 Å². The number of allylic oxidation sites excluding steroid dienone is 1. The molecule has 0 aliphatic carbocycles. The van der Waals surface area contributed by atoms with E-state index in [2.05, 4.69) is 15.4 Å². The smallest absolute Gasteiger partial charge is 0.226 e. The summed E-state index contributed by atoms with van der Waals surface area (Å²) in [4.78, 5) is 4.26. The van der Waals surface area contributed by atoms with Crippen molar-refractivity contribution in [1.82, 2.24) is 14.8 Å². The van der Waals surface area contributed by atoms with Gasteiger partial charge in [-0.3, -0.25) is 0 Å². The molecule has 0 radical (unpaired) electrons. The van der Waals surface area contributed by atoms with Crippen LogP contribution < -0.4 is 10.1 Å². The standard InChI is InChI=1S/C18H15FN4O/c1-24-15-4-2-3-13(9-15)16-10-17(12-5-7-14(19)8-6-12)23-18(22-16)20-11-21-23/h2-11,17H,1H3,(H,20,21,22). The zero-order chi connectivity index (χ0) is 16.5. The lowest BCUT2D eigenvalue weighted by Gasteiger charge is -2.24. The molecular weight excluding hydrogens is 307 g/mol. The van der Waals surface area contributed by atoms with Crippen molar-refractivity contribution in [2.75, 3.05) is 12.4 Å². The van der Waals surface area contributed by atoms with Crippen molar-refractivity contribution >= 4 is 11.6 Å². The first-order valence-corrected chi connectivity index (χ1v) is 7.53. The molecule has 2 aromatic carbocycles. The van der Waals surface area contributed by atoms with Crippen LogP contribution in [0.3, 0.4) is 0 Å². The number of anilines is 1. The van der Waals surface area contributed by atoms with Crippen LogP contribution in [0, 0.1) is 5.82 Å². The number of ether oxygens (including phenoxy) is 1. The molecule has 120 valence electrons. The summed E-state index contributed by atoms with van der Waals surface area (Å²) in [6.45, 7) is 0. The Morgan fingerprint density at radius 3 is 2.79 bits per heavy atom. The van der Waals surface area contributed by atoms with Crippen molar-refractivity contribution in [1.29, 1.82) is 0 Å². The molecule has 4 rings (SSSR count). The average Bonchev–Trinajstić information content (AvgIpc) is 3.10. The first-order valence-electron chi connectivity index (χ1n) is 7.53. The fourth-order valence-electron chi connectivity index (χ4n) is 2.79. The minimum atomic E-state index is -0.261.